The van der Waals surface area contributed by atoms with Crippen LogP contribution in [0.15, 0.2) is 12.2 Å². The first-order chi connectivity index (χ1) is 7.31. The standard InChI is InChI=1S/C12H16O3/c13-5-1-2-6-15-12(14)11-8-9-3-4-10(11)7-9/h3-5,9-11H,1-2,6-8H2. The largest absolute Gasteiger partial charge is 0.465 e. The second-order valence-corrected chi connectivity index (χ2v) is 4.36. The van der Waals surface area contributed by atoms with E-state index in [1.54, 1.807) is 0 Å². The fourth-order valence-electron chi connectivity index (χ4n) is 2.50. The molecule has 0 aromatic carbocycles. The van der Waals surface area contributed by atoms with Gasteiger partial charge in [0.05, 0.1) is 12.5 Å². The van der Waals surface area contributed by atoms with E-state index in [0.29, 0.717) is 31.3 Å². The molecular weight excluding hydrogens is 192 g/mol. The molecule has 0 saturated heterocycles. The summed E-state index contributed by atoms with van der Waals surface area (Å²) in [6.45, 7) is 0.384. The van der Waals surface area contributed by atoms with Crippen LogP contribution in [0.2, 0.25) is 0 Å². The lowest BCUT2D eigenvalue weighted by Crippen LogP contribution is -2.22. The highest BCUT2D eigenvalue weighted by molar-refractivity contribution is 5.74. The van der Waals surface area contributed by atoms with Crippen LogP contribution in [0.1, 0.15) is 25.7 Å². The first-order valence-electron chi connectivity index (χ1n) is 5.60. The average Bonchev–Trinajstić information content (AvgIpc) is 2.85. The number of fused-ring (bicyclic) bond motifs is 2. The highest BCUT2D eigenvalue weighted by Crippen LogP contribution is 2.43. The molecule has 0 amide bonds. The molecule has 15 heavy (non-hydrogen) atoms. The van der Waals surface area contributed by atoms with Gasteiger partial charge < -0.3 is 9.53 Å². The number of hydrogen-bond acceptors (Lipinski definition) is 3. The summed E-state index contributed by atoms with van der Waals surface area (Å²) in [6.07, 6.45) is 8.40. The third-order valence-electron chi connectivity index (χ3n) is 3.29. The Balaban J connectivity index is 1.72. The third kappa shape index (κ3) is 2.28. The molecule has 0 aliphatic heterocycles. The highest BCUT2D eigenvalue weighted by Gasteiger charge is 2.40. The van der Waals surface area contributed by atoms with Crippen LogP contribution in [0.4, 0.5) is 0 Å². The molecule has 0 N–H and O–H groups in total. The van der Waals surface area contributed by atoms with Crippen molar-refractivity contribution in [1.29, 1.82) is 0 Å². The number of carbonyl (C=O) groups is 2. The first-order valence-corrected chi connectivity index (χ1v) is 5.60. The molecule has 3 heteroatoms. The second-order valence-electron chi connectivity index (χ2n) is 4.36. The van der Waals surface area contributed by atoms with E-state index in [1.807, 2.05) is 0 Å². The molecule has 1 fully saturated rings. The van der Waals surface area contributed by atoms with Crippen molar-refractivity contribution in [2.45, 2.75) is 25.7 Å². The van der Waals surface area contributed by atoms with Gasteiger partial charge in [0.15, 0.2) is 0 Å². The molecule has 3 nitrogen and oxygen atoms in total. The van der Waals surface area contributed by atoms with Crippen molar-refractivity contribution < 1.29 is 14.3 Å². The molecule has 3 atom stereocenters. The summed E-state index contributed by atoms with van der Waals surface area (Å²) in [7, 11) is 0. The van der Waals surface area contributed by atoms with Crippen LogP contribution in [-0.4, -0.2) is 18.9 Å². The van der Waals surface area contributed by atoms with Crippen LogP contribution in [-0.2, 0) is 14.3 Å². The van der Waals surface area contributed by atoms with Crippen LogP contribution in [0.25, 0.3) is 0 Å². The molecule has 2 bridgehead atoms. The van der Waals surface area contributed by atoms with Gasteiger partial charge in [-0.05, 0) is 31.1 Å². The first kappa shape index (κ1) is 10.4. The van der Waals surface area contributed by atoms with Gasteiger partial charge in [0.2, 0.25) is 0 Å². The van der Waals surface area contributed by atoms with E-state index in [1.165, 1.54) is 0 Å². The molecule has 2 aliphatic carbocycles. The summed E-state index contributed by atoms with van der Waals surface area (Å²) < 4.78 is 5.15. The van der Waals surface area contributed by atoms with Crippen LogP contribution < -0.4 is 0 Å². The Kier molecular flexibility index (Phi) is 3.19. The monoisotopic (exact) mass is 208 g/mol. The molecule has 0 radical (unpaired) electrons. The molecule has 0 heterocycles. The van der Waals surface area contributed by atoms with Gasteiger partial charge in [-0.3, -0.25) is 4.79 Å². The van der Waals surface area contributed by atoms with Crippen LogP contribution >= 0.6 is 0 Å². The smallest absolute Gasteiger partial charge is 0.309 e. The quantitative estimate of drug-likeness (QED) is 0.299. The maximum atomic E-state index is 11.7. The summed E-state index contributed by atoms with van der Waals surface area (Å²) >= 11 is 0. The fraction of sp³-hybridized carbons (Fsp3) is 0.667. The van der Waals surface area contributed by atoms with Crippen LogP contribution in [0.3, 0.4) is 0 Å². The topological polar surface area (TPSA) is 43.4 Å². The minimum atomic E-state index is -0.0715. The predicted molar refractivity (Wildman–Crippen MR) is 55.1 cm³/mol. The summed E-state index contributed by atoms with van der Waals surface area (Å²) in [5.74, 6) is 1.02. The normalized spacial score (nSPS) is 31.9. The predicted octanol–water partition coefficient (Wildman–Crippen LogP) is 1.72. The van der Waals surface area contributed by atoms with Crippen molar-refractivity contribution >= 4 is 12.3 Å². The Morgan fingerprint density at radius 1 is 1.40 bits per heavy atom. The van der Waals surface area contributed by atoms with Crippen molar-refractivity contribution in [2.75, 3.05) is 6.61 Å². The maximum Gasteiger partial charge on any atom is 0.309 e. The number of carbonyl (C=O) groups excluding carboxylic acids is 2. The Bertz CT molecular complexity index is 283. The molecule has 0 aromatic rings. The molecule has 2 aliphatic rings. The van der Waals surface area contributed by atoms with Crippen LogP contribution in [0.5, 0.6) is 0 Å². The number of aldehydes is 1. The van der Waals surface area contributed by atoms with E-state index in [2.05, 4.69) is 12.2 Å². The highest BCUT2D eigenvalue weighted by atomic mass is 16.5. The van der Waals surface area contributed by atoms with Gasteiger partial charge >= 0.3 is 5.97 Å². The number of ether oxygens (including phenoxy) is 1. The Morgan fingerprint density at radius 3 is 2.87 bits per heavy atom. The van der Waals surface area contributed by atoms with Crippen LogP contribution in [0, 0.1) is 17.8 Å². The lowest BCUT2D eigenvalue weighted by Gasteiger charge is -2.16. The van der Waals surface area contributed by atoms with Crippen molar-refractivity contribution in [2.24, 2.45) is 17.8 Å². The van der Waals surface area contributed by atoms with Crippen molar-refractivity contribution in [3.8, 4) is 0 Å². The zero-order chi connectivity index (χ0) is 10.7. The Hall–Kier alpha value is -1.12. The number of unbranched alkanes of at least 4 members (excludes halogenated alkanes) is 1. The van der Waals surface area contributed by atoms with E-state index in [-0.39, 0.29) is 11.9 Å². The van der Waals surface area contributed by atoms with Gasteiger partial charge in [0.25, 0.3) is 0 Å². The Morgan fingerprint density at radius 2 is 2.27 bits per heavy atom. The number of allylic oxidation sites excluding steroid dienone is 2. The lowest BCUT2D eigenvalue weighted by molar-refractivity contribution is -0.149. The fourth-order valence-corrected chi connectivity index (χ4v) is 2.50. The SMILES string of the molecule is O=CCCCOC(=O)C1CC2C=CC1C2. The molecule has 1 saturated carbocycles. The van der Waals surface area contributed by atoms with Gasteiger partial charge in [-0.25, -0.2) is 0 Å². The van der Waals surface area contributed by atoms with E-state index < -0.39 is 0 Å². The minimum absolute atomic E-state index is 0.0715. The van der Waals surface area contributed by atoms with Gasteiger partial charge in [-0.2, -0.15) is 0 Å². The van der Waals surface area contributed by atoms with E-state index in [4.69, 9.17) is 4.74 Å². The lowest BCUT2D eigenvalue weighted by atomic mass is 9.94. The summed E-state index contributed by atoms with van der Waals surface area (Å²) in [6, 6.07) is 0. The van der Waals surface area contributed by atoms with Crippen molar-refractivity contribution in [3.63, 3.8) is 0 Å². The van der Waals surface area contributed by atoms with Crippen molar-refractivity contribution in [1.82, 2.24) is 0 Å². The molecule has 2 rings (SSSR count). The molecule has 82 valence electrons. The summed E-state index contributed by atoms with van der Waals surface area (Å²) in [5, 5.41) is 0. The summed E-state index contributed by atoms with van der Waals surface area (Å²) in [4.78, 5) is 21.7. The number of rotatable bonds is 5. The zero-order valence-corrected chi connectivity index (χ0v) is 8.72. The molecule has 0 spiro atoms. The zero-order valence-electron chi connectivity index (χ0n) is 8.72. The van der Waals surface area contributed by atoms with Crippen molar-refractivity contribution in [3.05, 3.63) is 12.2 Å². The van der Waals surface area contributed by atoms with Gasteiger partial charge in [0.1, 0.15) is 6.29 Å². The molecule has 3 unspecified atom stereocenters. The maximum absolute atomic E-state index is 11.7. The minimum Gasteiger partial charge on any atom is -0.465 e. The van der Waals surface area contributed by atoms with Gasteiger partial charge in [-0.15, -0.1) is 0 Å². The van der Waals surface area contributed by atoms with E-state index in [9.17, 15) is 9.59 Å². The number of esters is 1. The summed E-state index contributed by atoms with van der Waals surface area (Å²) in [5.41, 5.74) is 0. The average molecular weight is 208 g/mol. The van der Waals surface area contributed by atoms with E-state index >= 15 is 0 Å². The molecular formula is C12H16O3. The molecule has 0 aromatic heterocycles. The van der Waals surface area contributed by atoms with Gasteiger partial charge in [0, 0.05) is 6.42 Å². The Labute approximate surface area is 89.5 Å². The second kappa shape index (κ2) is 4.60. The van der Waals surface area contributed by atoms with E-state index in [0.717, 1.165) is 19.1 Å². The number of hydrogen-bond donors (Lipinski definition) is 0. The third-order valence-corrected chi connectivity index (χ3v) is 3.29. The van der Waals surface area contributed by atoms with Gasteiger partial charge in [-0.1, -0.05) is 12.2 Å².